The minimum absolute atomic E-state index is 0.274. The predicted molar refractivity (Wildman–Crippen MR) is 64.9 cm³/mol. The van der Waals surface area contributed by atoms with E-state index in [-0.39, 0.29) is 6.04 Å². The number of dihydropyridines is 1. The molecule has 1 aliphatic heterocycles. The molecular formula is C13H18N2. The Kier molecular flexibility index (Phi) is 2.76. The number of nitrogens with two attached hydrogens (primary N) is 1. The van der Waals surface area contributed by atoms with Crippen LogP contribution >= 0.6 is 0 Å². The molecule has 0 saturated heterocycles. The zero-order valence-electron chi connectivity index (χ0n) is 9.46. The maximum absolute atomic E-state index is 6.02. The molecule has 0 aromatic rings. The topological polar surface area (TPSA) is 38.4 Å². The van der Waals surface area contributed by atoms with Crippen LogP contribution in [0.3, 0.4) is 0 Å². The number of allylic oxidation sites excluding steroid dienone is 3. The van der Waals surface area contributed by atoms with Gasteiger partial charge in [0.05, 0.1) is 6.04 Å². The molecule has 2 rings (SSSR count). The average Bonchev–Trinajstić information content (AvgIpc) is 2.19. The van der Waals surface area contributed by atoms with E-state index < -0.39 is 0 Å². The third-order valence-electron chi connectivity index (χ3n) is 2.90. The van der Waals surface area contributed by atoms with Crippen molar-refractivity contribution in [3.05, 3.63) is 35.1 Å². The SMILES string of the molecule is CCCC1=CCC2N=C(C)C=C(N)C2=C1. The van der Waals surface area contributed by atoms with Crippen LogP contribution in [0.1, 0.15) is 33.1 Å². The Balaban J connectivity index is 2.26. The van der Waals surface area contributed by atoms with Crippen molar-refractivity contribution in [3.63, 3.8) is 0 Å². The lowest BCUT2D eigenvalue weighted by atomic mass is 9.89. The molecule has 0 amide bonds. The van der Waals surface area contributed by atoms with Crippen molar-refractivity contribution < 1.29 is 0 Å². The van der Waals surface area contributed by atoms with Gasteiger partial charge in [0, 0.05) is 17.0 Å². The maximum atomic E-state index is 6.02. The van der Waals surface area contributed by atoms with E-state index in [4.69, 9.17) is 5.73 Å². The van der Waals surface area contributed by atoms with E-state index >= 15 is 0 Å². The Bertz CT molecular complexity index is 383. The van der Waals surface area contributed by atoms with Crippen LogP contribution in [-0.4, -0.2) is 11.8 Å². The first-order valence-corrected chi connectivity index (χ1v) is 5.63. The van der Waals surface area contributed by atoms with Crippen LogP contribution < -0.4 is 5.73 Å². The fourth-order valence-corrected chi connectivity index (χ4v) is 2.20. The van der Waals surface area contributed by atoms with Gasteiger partial charge < -0.3 is 5.73 Å². The number of hydrogen-bond donors (Lipinski definition) is 1. The van der Waals surface area contributed by atoms with Gasteiger partial charge in [-0.2, -0.15) is 0 Å². The van der Waals surface area contributed by atoms with E-state index in [0.29, 0.717) is 0 Å². The van der Waals surface area contributed by atoms with Gasteiger partial charge in [0.25, 0.3) is 0 Å². The fraction of sp³-hybridized carbons (Fsp3) is 0.462. The van der Waals surface area contributed by atoms with Gasteiger partial charge in [0.2, 0.25) is 0 Å². The van der Waals surface area contributed by atoms with Crippen molar-refractivity contribution in [2.75, 3.05) is 0 Å². The molecule has 2 heteroatoms. The quantitative estimate of drug-likeness (QED) is 0.734. The minimum atomic E-state index is 0.274. The first-order chi connectivity index (χ1) is 7.20. The lowest BCUT2D eigenvalue weighted by Crippen LogP contribution is -2.22. The summed E-state index contributed by atoms with van der Waals surface area (Å²) < 4.78 is 0. The van der Waals surface area contributed by atoms with Crippen LogP contribution in [0.5, 0.6) is 0 Å². The van der Waals surface area contributed by atoms with Crippen molar-refractivity contribution in [2.24, 2.45) is 10.7 Å². The molecule has 1 unspecified atom stereocenters. The predicted octanol–water partition coefficient (Wildman–Crippen LogP) is 2.73. The molecular weight excluding hydrogens is 184 g/mol. The first-order valence-electron chi connectivity index (χ1n) is 5.63. The third kappa shape index (κ3) is 2.04. The molecule has 1 heterocycles. The van der Waals surface area contributed by atoms with Gasteiger partial charge in [-0.3, -0.25) is 4.99 Å². The van der Waals surface area contributed by atoms with Crippen molar-refractivity contribution in [3.8, 4) is 0 Å². The van der Waals surface area contributed by atoms with Crippen LogP contribution in [0.4, 0.5) is 0 Å². The van der Waals surface area contributed by atoms with Crippen LogP contribution in [0.15, 0.2) is 40.1 Å². The fourth-order valence-electron chi connectivity index (χ4n) is 2.20. The highest BCUT2D eigenvalue weighted by Crippen LogP contribution is 2.28. The maximum Gasteiger partial charge on any atom is 0.0806 e. The summed E-state index contributed by atoms with van der Waals surface area (Å²) in [5.41, 5.74) is 10.6. The lowest BCUT2D eigenvalue weighted by molar-refractivity contribution is 0.754. The summed E-state index contributed by atoms with van der Waals surface area (Å²) in [6.07, 6.45) is 9.83. The molecule has 2 aliphatic rings. The van der Waals surface area contributed by atoms with Gasteiger partial charge in [-0.15, -0.1) is 0 Å². The molecule has 80 valence electrons. The van der Waals surface area contributed by atoms with E-state index in [0.717, 1.165) is 24.3 Å². The molecule has 2 N–H and O–H groups in total. The molecule has 1 aliphatic carbocycles. The minimum Gasteiger partial charge on any atom is -0.398 e. The molecule has 2 nitrogen and oxygen atoms in total. The van der Waals surface area contributed by atoms with Crippen LogP contribution in [-0.2, 0) is 0 Å². The summed E-state index contributed by atoms with van der Waals surface area (Å²) in [6.45, 7) is 4.21. The molecule has 0 spiro atoms. The van der Waals surface area contributed by atoms with Crippen molar-refractivity contribution >= 4 is 5.71 Å². The van der Waals surface area contributed by atoms with Gasteiger partial charge in [-0.05, 0) is 25.8 Å². The van der Waals surface area contributed by atoms with E-state index in [1.807, 2.05) is 13.0 Å². The van der Waals surface area contributed by atoms with Crippen LogP contribution in [0.25, 0.3) is 0 Å². The summed E-state index contributed by atoms with van der Waals surface area (Å²) in [6, 6.07) is 0.274. The highest BCUT2D eigenvalue weighted by molar-refractivity contribution is 5.95. The van der Waals surface area contributed by atoms with E-state index in [1.165, 1.54) is 17.6 Å². The highest BCUT2D eigenvalue weighted by Gasteiger charge is 2.21. The van der Waals surface area contributed by atoms with Gasteiger partial charge in [-0.1, -0.05) is 31.1 Å². The van der Waals surface area contributed by atoms with Crippen molar-refractivity contribution in [2.45, 2.75) is 39.2 Å². The Labute approximate surface area is 91.3 Å². The number of nitrogens with zero attached hydrogens (tertiary/aromatic N) is 1. The van der Waals surface area contributed by atoms with Gasteiger partial charge in [0.15, 0.2) is 0 Å². The Morgan fingerprint density at radius 3 is 3.00 bits per heavy atom. The normalized spacial score (nSPS) is 24.8. The molecule has 1 atom stereocenters. The van der Waals surface area contributed by atoms with E-state index in [9.17, 15) is 0 Å². The molecule has 0 aromatic carbocycles. The second-order valence-corrected chi connectivity index (χ2v) is 4.25. The Hall–Kier alpha value is -1.31. The summed E-state index contributed by atoms with van der Waals surface area (Å²) >= 11 is 0. The monoisotopic (exact) mass is 202 g/mol. The Morgan fingerprint density at radius 1 is 1.47 bits per heavy atom. The number of aliphatic imine (C=N–C) groups is 1. The number of fused-ring (bicyclic) bond motifs is 1. The van der Waals surface area contributed by atoms with Gasteiger partial charge in [-0.25, -0.2) is 0 Å². The summed E-state index contributed by atoms with van der Waals surface area (Å²) in [5, 5.41) is 0. The number of rotatable bonds is 2. The molecule has 0 bridgehead atoms. The van der Waals surface area contributed by atoms with Crippen molar-refractivity contribution in [1.29, 1.82) is 0 Å². The lowest BCUT2D eigenvalue weighted by Gasteiger charge is -2.24. The first kappa shape index (κ1) is 10.2. The Morgan fingerprint density at radius 2 is 2.27 bits per heavy atom. The second-order valence-electron chi connectivity index (χ2n) is 4.25. The molecule has 0 fully saturated rings. The third-order valence-corrected chi connectivity index (χ3v) is 2.90. The largest absolute Gasteiger partial charge is 0.398 e. The molecule has 0 aromatic heterocycles. The standard InChI is InChI=1S/C13H18N2/c1-3-4-10-5-6-13-11(8-10)12(14)7-9(2)15-13/h5,7-8,13H,3-4,6,14H2,1-2H3. The second kappa shape index (κ2) is 4.05. The molecule has 0 radical (unpaired) electrons. The van der Waals surface area contributed by atoms with E-state index in [2.05, 4.69) is 24.1 Å². The van der Waals surface area contributed by atoms with Crippen molar-refractivity contribution in [1.82, 2.24) is 0 Å². The summed E-state index contributed by atoms with van der Waals surface area (Å²) in [5.74, 6) is 0. The van der Waals surface area contributed by atoms with Gasteiger partial charge in [0.1, 0.15) is 0 Å². The van der Waals surface area contributed by atoms with Gasteiger partial charge >= 0.3 is 0 Å². The van der Waals surface area contributed by atoms with Crippen LogP contribution in [0.2, 0.25) is 0 Å². The molecule has 15 heavy (non-hydrogen) atoms. The summed E-state index contributed by atoms with van der Waals surface area (Å²) in [7, 11) is 0. The van der Waals surface area contributed by atoms with E-state index in [1.54, 1.807) is 0 Å². The smallest absolute Gasteiger partial charge is 0.0806 e. The zero-order chi connectivity index (χ0) is 10.8. The summed E-state index contributed by atoms with van der Waals surface area (Å²) in [4.78, 5) is 4.60. The molecule has 0 saturated carbocycles. The number of hydrogen-bond acceptors (Lipinski definition) is 2. The zero-order valence-corrected chi connectivity index (χ0v) is 9.46. The van der Waals surface area contributed by atoms with Crippen LogP contribution in [0, 0.1) is 0 Å². The highest BCUT2D eigenvalue weighted by atomic mass is 14.8. The average molecular weight is 202 g/mol.